The van der Waals surface area contributed by atoms with Crippen molar-refractivity contribution in [1.82, 2.24) is 24.6 Å². The van der Waals surface area contributed by atoms with Gasteiger partial charge in [0, 0.05) is 57.6 Å². The summed E-state index contributed by atoms with van der Waals surface area (Å²) in [5.74, 6) is 0.0531. The Kier molecular flexibility index (Phi) is 5.16. The Balaban J connectivity index is 1.42. The molecule has 1 aliphatic rings. The van der Waals surface area contributed by atoms with E-state index < -0.39 is 0 Å². The van der Waals surface area contributed by atoms with E-state index in [1.165, 1.54) is 10.2 Å². The first-order valence-electron chi connectivity index (χ1n) is 9.46. The van der Waals surface area contributed by atoms with Crippen LogP contribution in [-0.4, -0.2) is 56.7 Å². The van der Waals surface area contributed by atoms with Gasteiger partial charge in [0.25, 0.3) is 5.56 Å². The number of pyridine rings is 1. The van der Waals surface area contributed by atoms with Gasteiger partial charge in [0.2, 0.25) is 5.91 Å². The quantitative estimate of drug-likeness (QED) is 0.684. The molecule has 1 amide bonds. The van der Waals surface area contributed by atoms with Crippen molar-refractivity contribution in [2.75, 3.05) is 26.2 Å². The first-order valence-corrected chi connectivity index (χ1v) is 9.46. The number of carbonyl (C=O) groups excluding carboxylic acids is 1. The third-order valence-corrected chi connectivity index (χ3v) is 5.21. The third-order valence-electron chi connectivity index (χ3n) is 5.21. The SMILES string of the molecule is Cn1nc(CC(=O)N2CCN(Cc3cccnc3)CC2)c2ccccc2c1=O. The lowest BCUT2D eigenvalue weighted by molar-refractivity contribution is -0.132. The third kappa shape index (κ3) is 3.80. The number of aryl methyl sites for hydroxylation is 1. The van der Waals surface area contributed by atoms with Gasteiger partial charge in [-0.3, -0.25) is 19.5 Å². The lowest BCUT2D eigenvalue weighted by Crippen LogP contribution is -2.48. The maximum absolute atomic E-state index is 12.8. The first-order chi connectivity index (χ1) is 13.6. The van der Waals surface area contributed by atoms with Crippen LogP contribution < -0.4 is 5.56 Å². The molecule has 0 spiro atoms. The molecule has 0 aliphatic carbocycles. The van der Waals surface area contributed by atoms with Crippen LogP contribution in [0.1, 0.15) is 11.3 Å². The zero-order chi connectivity index (χ0) is 19.5. The maximum atomic E-state index is 12.8. The molecule has 1 aliphatic heterocycles. The molecule has 2 aromatic heterocycles. The van der Waals surface area contributed by atoms with Crippen molar-refractivity contribution >= 4 is 16.7 Å². The molecule has 144 valence electrons. The molecule has 28 heavy (non-hydrogen) atoms. The van der Waals surface area contributed by atoms with Crippen LogP contribution in [0.25, 0.3) is 10.8 Å². The number of hydrogen-bond acceptors (Lipinski definition) is 5. The summed E-state index contributed by atoms with van der Waals surface area (Å²) < 4.78 is 1.32. The van der Waals surface area contributed by atoms with Crippen LogP contribution in [0.3, 0.4) is 0 Å². The predicted molar refractivity (Wildman–Crippen MR) is 107 cm³/mol. The second kappa shape index (κ2) is 7.90. The Labute approximate surface area is 163 Å². The van der Waals surface area contributed by atoms with Crippen molar-refractivity contribution in [3.05, 3.63) is 70.4 Å². The molecule has 0 saturated carbocycles. The molecule has 7 nitrogen and oxygen atoms in total. The van der Waals surface area contributed by atoms with E-state index in [0.717, 1.165) is 25.0 Å². The van der Waals surface area contributed by atoms with Crippen LogP contribution in [0.2, 0.25) is 0 Å². The molecular formula is C21H23N5O2. The van der Waals surface area contributed by atoms with E-state index in [4.69, 9.17) is 0 Å². The second-order valence-electron chi connectivity index (χ2n) is 7.12. The summed E-state index contributed by atoms with van der Waals surface area (Å²) in [6, 6.07) is 11.4. The number of rotatable bonds is 4. The molecule has 1 fully saturated rings. The predicted octanol–water partition coefficient (Wildman–Crippen LogP) is 1.22. The highest BCUT2D eigenvalue weighted by atomic mass is 16.2. The second-order valence-corrected chi connectivity index (χ2v) is 7.12. The van der Waals surface area contributed by atoms with Crippen molar-refractivity contribution in [1.29, 1.82) is 0 Å². The van der Waals surface area contributed by atoms with Crippen LogP contribution in [0.5, 0.6) is 0 Å². The van der Waals surface area contributed by atoms with E-state index in [1.54, 1.807) is 19.3 Å². The lowest BCUT2D eigenvalue weighted by Gasteiger charge is -2.34. The Bertz CT molecular complexity index is 1040. The van der Waals surface area contributed by atoms with Crippen LogP contribution in [0, 0.1) is 0 Å². The summed E-state index contributed by atoms with van der Waals surface area (Å²) in [4.78, 5) is 33.5. The van der Waals surface area contributed by atoms with E-state index in [-0.39, 0.29) is 17.9 Å². The molecule has 0 bridgehead atoms. The van der Waals surface area contributed by atoms with Gasteiger partial charge in [0.05, 0.1) is 17.5 Å². The minimum atomic E-state index is -0.143. The normalized spacial score (nSPS) is 15.1. The van der Waals surface area contributed by atoms with Crippen LogP contribution >= 0.6 is 0 Å². The van der Waals surface area contributed by atoms with E-state index in [2.05, 4.69) is 21.0 Å². The summed E-state index contributed by atoms with van der Waals surface area (Å²) in [6.07, 6.45) is 3.86. The number of piperazine rings is 1. The van der Waals surface area contributed by atoms with Crippen molar-refractivity contribution in [3.63, 3.8) is 0 Å². The molecule has 1 aromatic carbocycles. The fourth-order valence-electron chi connectivity index (χ4n) is 3.67. The van der Waals surface area contributed by atoms with Gasteiger partial charge in [-0.1, -0.05) is 24.3 Å². The number of hydrogen-bond donors (Lipinski definition) is 0. The van der Waals surface area contributed by atoms with Crippen molar-refractivity contribution < 1.29 is 4.79 Å². The topological polar surface area (TPSA) is 71.3 Å². The van der Waals surface area contributed by atoms with Gasteiger partial charge in [-0.25, -0.2) is 4.68 Å². The van der Waals surface area contributed by atoms with E-state index in [0.29, 0.717) is 24.2 Å². The molecule has 1 saturated heterocycles. The molecule has 0 N–H and O–H groups in total. The molecule has 0 atom stereocenters. The summed E-state index contributed by atoms with van der Waals surface area (Å²) >= 11 is 0. The Morgan fingerprint density at radius 1 is 1.04 bits per heavy atom. The summed E-state index contributed by atoms with van der Waals surface area (Å²) in [5, 5.41) is 5.71. The Morgan fingerprint density at radius 2 is 1.79 bits per heavy atom. The van der Waals surface area contributed by atoms with Crippen molar-refractivity contribution in [2.24, 2.45) is 7.05 Å². The maximum Gasteiger partial charge on any atom is 0.274 e. The molecular weight excluding hydrogens is 354 g/mol. The van der Waals surface area contributed by atoms with E-state index >= 15 is 0 Å². The van der Waals surface area contributed by atoms with Gasteiger partial charge in [0.15, 0.2) is 0 Å². The van der Waals surface area contributed by atoms with Gasteiger partial charge < -0.3 is 4.90 Å². The monoisotopic (exact) mass is 377 g/mol. The lowest BCUT2D eigenvalue weighted by atomic mass is 10.1. The van der Waals surface area contributed by atoms with Crippen LogP contribution in [0.15, 0.2) is 53.6 Å². The van der Waals surface area contributed by atoms with Gasteiger partial charge in [0.1, 0.15) is 0 Å². The number of amides is 1. The Hall–Kier alpha value is -3.06. The van der Waals surface area contributed by atoms with Gasteiger partial charge in [-0.05, 0) is 17.7 Å². The molecule has 0 radical (unpaired) electrons. The minimum absolute atomic E-state index is 0.0531. The average molecular weight is 377 g/mol. The van der Waals surface area contributed by atoms with Crippen molar-refractivity contribution in [2.45, 2.75) is 13.0 Å². The molecule has 3 heterocycles. The van der Waals surface area contributed by atoms with Gasteiger partial charge in [-0.15, -0.1) is 0 Å². The standard InChI is InChI=1S/C21H23N5O2/c1-24-21(28)18-7-3-2-6-17(18)19(23-24)13-20(27)26-11-9-25(10-12-26)15-16-5-4-8-22-14-16/h2-8,14H,9-13,15H2,1H3. The highest BCUT2D eigenvalue weighted by Crippen LogP contribution is 2.15. The first kappa shape index (κ1) is 18.3. The van der Waals surface area contributed by atoms with Crippen LogP contribution in [-0.2, 0) is 24.8 Å². The number of nitrogens with zero attached hydrogens (tertiary/aromatic N) is 5. The van der Waals surface area contributed by atoms with Crippen LogP contribution in [0.4, 0.5) is 0 Å². The van der Waals surface area contributed by atoms with E-state index in [1.807, 2.05) is 35.4 Å². The number of aromatic nitrogens is 3. The molecule has 7 heteroatoms. The largest absolute Gasteiger partial charge is 0.340 e. The Morgan fingerprint density at radius 3 is 2.50 bits per heavy atom. The number of carbonyl (C=O) groups is 1. The van der Waals surface area contributed by atoms with Gasteiger partial charge in [-0.2, -0.15) is 5.10 Å². The molecule has 0 unspecified atom stereocenters. The van der Waals surface area contributed by atoms with Gasteiger partial charge >= 0.3 is 0 Å². The fraction of sp³-hybridized carbons (Fsp3) is 0.333. The number of benzene rings is 1. The zero-order valence-electron chi connectivity index (χ0n) is 15.9. The fourth-order valence-corrected chi connectivity index (χ4v) is 3.67. The summed E-state index contributed by atoms with van der Waals surface area (Å²) in [5.41, 5.74) is 1.69. The minimum Gasteiger partial charge on any atom is -0.340 e. The summed E-state index contributed by atoms with van der Waals surface area (Å²) in [7, 11) is 1.62. The highest BCUT2D eigenvalue weighted by Gasteiger charge is 2.22. The van der Waals surface area contributed by atoms with E-state index in [9.17, 15) is 9.59 Å². The average Bonchev–Trinajstić information content (AvgIpc) is 2.73. The van der Waals surface area contributed by atoms with Crippen molar-refractivity contribution in [3.8, 4) is 0 Å². The zero-order valence-corrected chi connectivity index (χ0v) is 15.9. The highest BCUT2D eigenvalue weighted by molar-refractivity contribution is 5.88. The molecule has 4 rings (SSSR count). The molecule has 3 aromatic rings. The number of fused-ring (bicyclic) bond motifs is 1. The smallest absolute Gasteiger partial charge is 0.274 e. The summed E-state index contributed by atoms with van der Waals surface area (Å²) in [6.45, 7) is 3.92.